The SMILES string of the molecule is CC(C)OCCCn1c(SCc2csc([N+](=O)[O-])c2)nc2cc(Cl)ccc2c1=O. The van der Waals surface area contributed by atoms with Crippen molar-refractivity contribution in [2.75, 3.05) is 6.61 Å². The number of rotatable bonds is 9. The molecule has 3 rings (SSSR count). The van der Waals surface area contributed by atoms with Crippen LogP contribution in [0.25, 0.3) is 10.9 Å². The van der Waals surface area contributed by atoms with Crippen LogP contribution in [0, 0.1) is 10.1 Å². The van der Waals surface area contributed by atoms with Crippen LogP contribution in [0.4, 0.5) is 5.00 Å². The minimum Gasteiger partial charge on any atom is -0.379 e. The Morgan fingerprint density at radius 1 is 1.38 bits per heavy atom. The van der Waals surface area contributed by atoms with Crippen LogP contribution in [-0.2, 0) is 17.0 Å². The van der Waals surface area contributed by atoms with Gasteiger partial charge in [0, 0.05) is 35.4 Å². The maximum atomic E-state index is 13.0. The molecule has 2 heterocycles. The van der Waals surface area contributed by atoms with Crippen molar-refractivity contribution in [3.8, 4) is 0 Å². The highest BCUT2D eigenvalue weighted by Crippen LogP contribution is 2.28. The lowest BCUT2D eigenvalue weighted by atomic mass is 10.2. The number of aromatic nitrogens is 2. The van der Waals surface area contributed by atoms with Gasteiger partial charge in [0.15, 0.2) is 5.16 Å². The van der Waals surface area contributed by atoms with Crippen LogP contribution in [0.5, 0.6) is 0 Å². The summed E-state index contributed by atoms with van der Waals surface area (Å²) in [5, 5.41) is 14.3. The lowest BCUT2D eigenvalue weighted by Crippen LogP contribution is -2.24. The summed E-state index contributed by atoms with van der Waals surface area (Å²) in [5.74, 6) is 0.478. The second kappa shape index (κ2) is 9.71. The second-order valence-electron chi connectivity index (χ2n) is 6.62. The molecule has 0 aliphatic rings. The molecule has 0 amide bonds. The Bertz CT molecular complexity index is 1080. The maximum Gasteiger partial charge on any atom is 0.324 e. The van der Waals surface area contributed by atoms with Crippen molar-refractivity contribution >= 4 is 50.6 Å². The van der Waals surface area contributed by atoms with Gasteiger partial charge in [0.2, 0.25) is 0 Å². The van der Waals surface area contributed by atoms with Crippen molar-refractivity contribution in [2.24, 2.45) is 0 Å². The van der Waals surface area contributed by atoms with Gasteiger partial charge in [0.1, 0.15) is 0 Å². The normalized spacial score (nSPS) is 11.4. The van der Waals surface area contributed by atoms with Crippen molar-refractivity contribution in [3.05, 3.63) is 60.7 Å². The lowest BCUT2D eigenvalue weighted by Gasteiger charge is -2.14. The molecule has 0 spiro atoms. The van der Waals surface area contributed by atoms with Gasteiger partial charge in [-0.05, 0) is 44.0 Å². The van der Waals surface area contributed by atoms with E-state index in [1.807, 2.05) is 13.8 Å². The van der Waals surface area contributed by atoms with E-state index in [4.69, 9.17) is 16.3 Å². The fourth-order valence-electron chi connectivity index (χ4n) is 2.70. The molecule has 0 saturated carbocycles. The van der Waals surface area contributed by atoms with Gasteiger partial charge in [0.05, 0.1) is 21.9 Å². The first-order chi connectivity index (χ1) is 13.8. The van der Waals surface area contributed by atoms with Gasteiger partial charge in [-0.3, -0.25) is 19.5 Å². The molecule has 3 aromatic rings. The van der Waals surface area contributed by atoms with E-state index >= 15 is 0 Å². The number of nitrogens with zero attached hydrogens (tertiary/aromatic N) is 3. The van der Waals surface area contributed by atoms with Crippen LogP contribution < -0.4 is 5.56 Å². The predicted molar refractivity (Wildman–Crippen MR) is 117 cm³/mol. The van der Waals surface area contributed by atoms with E-state index in [1.165, 1.54) is 11.8 Å². The second-order valence-corrected chi connectivity index (χ2v) is 8.89. The van der Waals surface area contributed by atoms with Gasteiger partial charge in [-0.15, -0.1) is 0 Å². The Morgan fingerprint density at radius 2 is 2.17 bits per heavy atom. The summed E-state index contributed by atoms with van der Waals surface area (Å²) in [6, 6.07) is 6.58. The smallest absolute Gasteiger partial charge is 0.324 e. The summed E-state index contributed by atoms with van der Waals surface area (Å²) < 4.78 is 7.22. The van der Waals surface area contributed by atoms with Crippen LogP contribution in [0.3, 0.4) is 0 Å². The van der Waals surface area contributed by atoms with E-state index in [2.05, 4.69) is 4.98 Å². The van der Waals surface area contributed by atoms with Crippen molar-refractivity contribution in [1.82, 2.24) is 9.55 Å². The summed E-state index contributed by atoms with van der Waals surface area (Å²) in [6.45, 7) is 4.95. The zero-order chi connectivity index (χ0) is 21.0. The highest BCUT2D eigenvalue weighted by atomic mass is 35.5. The first-order valence-corrected chi connectivity index (χ1v) is 11.3. The third-order valence-corrected chi connectivity index (χ3v) is 6.26. The zero-order valence-corrected chi connectivity index (χ0v) is 18.4. The molecule has 0 bridgehead atoms. The molecule has 0 aliphatic heterocycles. The van der Waals surface area contributed by atoms with Gasteiger partial charge < -0.3 is 4.74 Å². The van der Waals surface area contributed by atoms with E-state index in [9.17, 15) is 14.9 Å². The molecule has 0 radical (unpaired) electrons. The highest BCUT2D eigenvalue weighted by molar-refractivity contribution is 7.98. The molecule has 29 heavy (non-hydrogen) atoms. The minimum absolute atomic E-state index is 0.0991. The van der Waals surface area contributed by atoms with E-state index < -0.39 is 4.92 Å². The summed E-state index contributed by atoms with van der Waals surface area (Å²) in [4.78, 5) is 28.2. The number of thiophene rings is 1. The van der Waals surface area contributed by atoms with E-state index in [-0.39, 0.29) is 16.7 Å². The molecular formula is C19H20ClN3O4S2. The molecule has 0 unspecified atom stereocenters. The predicted octanol–water partition coefficient (Wildman–Crippen LogP) is 5.13. The number of hydrogen-bond donors (Lipinski definition) is 0. The van der Waals surface area contributed by atoms with Gasteiger partial charge in [-0.25, -0.2) is 4.98 Å². The average molecular weight is 454 g/mol. The third kappa shape index (κ3) is 5.57. The number of ether oxygens (including phenoxy) is 1. The Kier molecular flexibility index (Phi) is 7.28. The average Bonchev–Trinajstić information content (AvgIpc) is 3.14. The Balaban J connectivity index is 1.88. The molecule has 0 N–H and O–H groups in total. The summed E-state index contributed by atoms with van der Waals surface area (Å²) in [7, 11) is 0. The summed E-state index contributed by atoms with van der Waals surface area (Å²) >= 11 is 8.53. The molecule has 0 aliphatic carbocycles. The third-order valence-electron chi connectivity index (χ3n) is 4.05. The molecule has 7 nitrogen and oxygen atoms in total. The number of thioether (sulfide) groups is 1. The molecule has 1 aromatic carbocycles. The van der Waals surface area contributed by atoms with E-state index in [1.54, 1.807) is 34.2 Å². The first kappa shape index (κ1) is 21.8. The van der Waals surface area contributed by atoms with Crippen LogP contribution in [-0.4, -0.2) is 27.2 Å². The lowest BCUT2D eigenvalue weighted by molar-refractivity contribution is -0.380. The van der Waals surface area contributed by atoms with Gasteiger partial charge in [-0.1, -0.05) is 34.7 Å². The summed E-state index contributed by atoms with van der Waals surface area (Å²) in [6.07, 6.45) is 0.808. The van der Waals surface area contributed by atoms with Gasteiger partial charge in [0.25, 0.3) is 5.56 Å². The van der Waals surface area contributed by atoms with Crippen LogP contribution in [0.15, 0.2) is 39.6 Å². The van der Waals surface area contributed by atoms with E-state index in [0.29, 0.717) is 46.4 Å². The molecule has 0 fully saturated rings. The number of hydrogen-bond acceptors (Lipinski definition) is 7. The maximum absolute atomic E-state index is 13.0. The fourth-order valence-corrected chi connectivity index (χ4v) is 4.66. The molecular weight excluding hydrogens is 434 g/mol. The molecule has 0 saturated heterocycles. The standard InChI is InChI=1S/C19H20ClN3O4S2/c1-12(2)27-7-3-6-22-18(24)15-5-4-14(20)9-16(15)21-19(22)29-11-13-8-17(23(25)26)28-10-13/h4-5,8-10,12H,3,6-7,11H2,1-2H3. The van der Waals surface area contributed by atoms with Gasteiger partial charge >= 0.3 is 5.00 Å². The van der Waals surface area contributed by atoms with E-state index in [0.717, 1.165) is 16.9 Å². The number of nitro groups is 1. The molecule has 154 valence electrons. The largest absolute Gasteiger partial charge is 0.379 e. The number of fused-ring (bicyclic) bond motifs is 1. The van der Waals surface area contributed by atoms with Crippen molar-refractivity contribution in [3.63, 3.8) is 0 Å². The van der Waals surface area contributed by atoms with Crippen molar-refractivity contribution < 1.29 is 9.66 Å². The fraction of sp³-hybridized carbons (Fsp3) is 0.368. The Hall–Kier alpha value is -1.94. The number of halogens is 1. The van der Waals surface area contributed by atoms with Crippen LogP contribution >= 0.6 is 34.7 Å². The first-order valence-electron chi connectivity index (χ1n) is 9.01. The zero-order valence-electron chi connectivity index (χ0n) is 16.0. The minimum atomic E-state index is -0.403. The Morgan fingerprint density at radius 3 is 2.86 bits per heavy atom. The number of benzene rings is 1. The summed E-state index contributed by atoms with van der Waals surface area (Å²) in [5.41, 5.74) is 1.23. The van der Waals surface area contributed by atoms with Crippen LogP contribution in [0.1, 0.15) is 25.8 Å². The highest BCUT2D eigenvalue weighted by Gasteiger charge is 2.14. The quantitative estimate of drug-likeness (QED) is 0.147. The Labute approximate surface area is 180 Å². The monoisotopic (exact) mass is 453 g/mol. The molecule has 0 atom stereocenters. The van der Waals surface area contributed by atoms with Gasteiger partial charge in [-0.2, -0.15) is 0 Å². The van der Waals surface area contributed by atoms with Crippen LogP contribution in [0.2, 0.25) is 5.02 Å². The topological polar surface area (TPSA) is 87.3 Å². The van der Waals surface area contributed by atoms with Crippen molar-refractivity contribution in [2.45, 2.75) is 43.8 Å². The molecule has 10 heteroatoms. The molecule has 2 aromatic heterocycles. The van der Waals surface area contributed by atoms with Crippen molar-refractivity contribution in [1.29, 1.82) is 0 Å².